The lowest BCUT2D eigenvalue weighted by Crippen LogP contribution is -3.00. The van der Waals surface area contributed by atoms with Crippen molar-refractivity contribution in [2.75, 3.05) is 42.5 Å². The molecular formula is C42H58Cl2N2O12. The van der Waals surface area contributed by atoms with E-state index in [1.54, 1.807) is 0 Å². The van der Waals surface area contributed by atoms with Crippen molar-refractivity contribution in [1.82, 2.24) is 0 Å². The molecule has 0 amide bonds. The molecule has 322 valence electrons. The fourth-order valence-electron chi connectivity index (χ4n) is 10.1. The molecular weight excluding hydrogens is 795 g/mol. The zero-order valence-corrected chi connectivity index (χ0v) is 36.3. The average molecular weight is 854 g/mol. The van der Waals surface area contributed by atoms with E-state index < -0.39 is 11.9 Å². The zero-order valence-electron chi connectivity index (χ0n) is 34.8. The SMILES string of the molecule is COc1cc(C[N+]2(C)C3CCC2CC(OC(=O)CCC(=O)OC2CC4CCC(C2)[N+]4(C)Cc2cc(OC)c(OC(C)=O)c(OC)c2)C3)cc(OC)c1OC(C)=O.[Cl-].[Cl-]. The van der Waals surface area contributed by atoms with Gasteiger partial charge in [-0.2, -0.15) is 0 Å². The van der Waals surface area contributed by atoms with Gasteiger partial charge in [0, 0.05) is 76.3 Å². The highest BCUT2D eigenvalue weighted by atomic mass is 35.5. The summed E-state index contributed by atoms with van der Waals surface area (Å²) in [4.78, 5) is 49.5. The van der Waals surface area contributed by atoms with Gasteiger partial charge in [0.2, 0.25) is 11.5 Å². The second-order valence-electron chi connectivity index (χ2n) is 16.3. The van der Waals surface area contributed by atoms with E-state index in [0.717, 1.165) is 84.5 Å². The number of esters is 4. The maximum absolute atomic E-state index is 13.0. The minimum Gasteiger partial charge on any atom is -1.00 e. The van der Waals surface area contributed by atoms with Crippen molar-refractivity contribution in [3.8, 4) is 34.5 Å². The van der Waals surface area contributed by atoms with E-state index >= 15 is 0 Å². The first kappa shape index (κ1) is 46.7. The Morgan fingerprint density at radius 2 is 0.810 bits per heavy atom. The first-order chi connectivity index (χ1) is 26.7. The Hall–Kier alpha value is -3.98. The molecule has 4 heterocycles. The minimum atomic E-state index is -0.456. The Kier molecular flexibility index (Phi) is 15.6. The van der Waals surface area contributed by atoms with E-state index in [2.05, 4.69) is 14.1 Å². The van der Waals surface area contributed by atoms with Crippen molar-refractivity contribution in [1.29, 1.82) is 0 Å². The van der Waals surface area contributed by atoms with Crippen LogP contribution in [0.1, 0.15) is 89.2 Å². The summed E-state index contributed by atoms with van der Waals surface area (Å²) < 4.78 is 46.6. The first-order valence-corrected chi connectivity index (χ1v) is 19.6. The number of nitrogens with zero attached hydrogens (tertiary/aromatic N) is 2. The van der Waals surface area contributed by atoms with Gasteiger partial charge in [-0.25, -0.2) is 0 Å². The minimum absolute atomic E-state index is 0. The van der Waals surface area contributed by atoms with Gasteiger partial charge in [0.05, 0.1) is 79.5 Å². The van der Waals surface area contributed by atoms with Crippen LogP contribution < -0.4 is 53.2 Å². The number of hydrogen-bond acceptors (Lipinski definition) is 12. The number of ether oxygens (including phenoxy) is 8. The fourth-order valence-corrected chi connectivity index (χ4v) is 10.1. The normalized spacial score (nSPS) is 27.9. The summed E-state index contributed by atoms with van der Waals surface area (Å²) in [5.41, 5.74) is 2.01. The van der Waals surface area contributed by atoms with E-state index in [0.29, 0.717) is 47.2 Å². The number of benzene rings is 2. The molecule has 4 aliphatic rings. The van der Waals surface area contributed by atoms with Crippen LogP contribution in [0, 0.1) is 0 Å². The lowest BCUT2D eigenvalue weighted by Gasteiger charge is -2.47. The molecule has 14 nitrogen and oxygen atoms in total. The number of carbonyl (C=O) groups is 4. The zero-order chi connectivity index (χ0) is 40.4. The predicted octanol–water partition coefficient (Wildman–Crippen LogP) is -0.574. The number of fused-ring (bicyclic) bond motifs is 4. The molecule has 0 aromatic heterocycles. The number of hydrogen-bond donors (Lipinski definition) is 0. The Morgan fingerprint density at radius 1 is 0.534 bits per heavy atom. The number of quaternary nitrogens is 2. The van der Waals surface area contributed by atoms with Crippen LogP contribution in [0.4, 0.5) is 0 Å². The van der Waals surface area contributed by atoms with E-state index in [9.17, 15) is 19.2 Å². The largest absolute Gasteiger partial charge is 1.00 e. The number of methoxy groups -OCH3 is 4. The van der Waals surface area contributed by atoms with Gasteiger partial charge in [-0.05, 0) is 24.3 Å². The van der Waals surface area contributed by atoms with Crippen LogP contribution >= 0.6 is 0 Å². The molecule has 2 aromatic carbocycles. The van der Waals surface area contributed by atoms with Crippen molar-refractivity contribution in [3.63, 3.8) is 0 Å². The number of halogens is 2. The van der Waals surface area contributed by atoms with Gasteiger partial charge in [0.1, 0.15) is 25.3 Å². The van der Waals surface area contributed by atoms with Crippen LogP contribution in [0.2, 0.25) is 0 Å². The topological polar surface area (TPSA) is 142 Å². The lowest BCUT2D eigenvalue weighted by molar-refractivity contribution is -0.961. The third kappa shape index (κ3) is 9.89. The monoisotopic (exact) mass is 852 g/mol. The summed E-state index contributed by atoms with van der Waals surface area (Å²) in [5, 5.41) is 0. The Bertz CT molecular complexity index is 1620. The molecule has 4 unspecified atom stereocenters. The average Bonchev–Trinajstić information content (AvgIpc) is 3.38. The third-order valence-electron chi connectivity index (χ3n) is 12.9. The van der Waals surface area contributed by atoms with Gasteiger partial charge in [-0.1, -0.05) is 0 Å². The van der Waals surface area contributed by atoms with E-state index in [1.807, 2.05) is 24.3 Å². The molecule has 0 N–H and O–H groups in total. The van der Waals surface area contributed by atoms with Crippen molar-refractivity contribution in [2.45, 2.75) is 128 Å². The fraction of sp³-hybridized carbons (Fsp3) is 0.619. The van der Waals surface area contributed by atoms with Crippen LogP contribution in [0.5, 0.6) is 34.5 Å². The molecule has 0 spiro atoms. The number of rotatable bonds is 15. The summed E-state index contributed by atoms with van der Waals surface area (Å²) in [6.45, 7) is 4.13. The van der Waals surface area contributed by atoms with Gasteiger partial charge in [-0.3, -0.25) is 19.2 Å². The van der Waals surface area contributed by atoms with Crippen molar-refractivity contribution in [2.24, 2.45) is 0 Å². The molecule has 2 aromatic rings. The Morgan fingerprint density at radius 3 is 1.05 bits per heavy atom. The van der Waals surface area contributed by atoms with Crippen molar-refractivity contribution < 1.29 is 90.9 Å². The van der Waals surface area contributed by atoms with Gasteiger partial charge in [0.25, 0.3) is 0 Å². The molecule has 6 rings (SSSR count). The lowest BCUT2D eigenvalue weighted by atomic mass is 9.95. The predicted molar refractivity (Wildman–Crippen MR) is 203 cm³/mol. The third-order valence-corrected chi connectivity index (χ3v) is 12.9. The molecule has 58 heavy (non-hydrogen) atoms. The second-order valence-corrected chi connectivity index (χ2v) is 16.3. The van der Waals surface area contributed by atoms with E-state index in [1.165, 1.54) is 42.3 Å². The summed E-state index contributed by atoms with van der Waals surface area (Å²) in [7, 11) is 10.7. The highest BCUT2D eigenvalue weighted by molar-refractivity contribution is 5.78. The molecule has 0 radical (unpaired) electrons. The molecule has 4 bridgehead atoms. The molecule has 0 aliphatic carbocycles. The Labute approximate surface area is 353 Å². The van der Waals surface area contributed by atoms with E-state index in [4.69, 9.17) is 37.9 Å². The summed E-state index contributed by atoms with van der Waals surface area (Å²) in [5.74, 6) is 0.641. The second kappa shape index (κ2) is 19.4. The van der Waals surface area contributed by atoms with Gasteiger partial charge >= 0.3 is 23.9 Å². The van der Waals surface area contributed by atoms with Crippen LogP contribution in [-0.2, 0) is 41.7 Å². The van der Waals surface area contributed by atoms with Crippen LogP contribution in [0.25, 0.3) is 0 Å². The highest BCUT2D eigenvalue weighted by Crippen LogP contribution is 2.47. The smallest absolute Gasteiger partial charge is 0.308 e. The maximum Gasteiger partial charge on any atom is 0.308 e. The molecule has 4 aliphatic heterocycles. The summed E-state index contributed by atoms with van der Waals surface area (Å²) in [6, 6.07) is 8.80. The first-order valence-electron chi connectivity index (χ1n) is 19.6. The molecule has 16 heteroatoms. The van der Waals surface area contributed by atoms with Crippen LogP contribution in [0.3, 0.4) is 0 Å². The van der Waals surface area contributed by atoms with Gasteiger partial charge in [-0.15, -0.1) is 0 Å². The molecule has 4 fully saturated rings. The Balaban J connectivity index is 0.00000372. The van der Waals surface area contributed by atoms with Crippen LogP contribution in [-0.4, -0.2) is 112 Å². The summed E-state index contributed by atoms with van der Waals surface area (Å²) >= 11 is 0. The van der Waals surface area contributed by atoms with Crippen LogP contribution in [0.15, 0.2) is 24.3 Å². The summed E-state index contributed by atoms with van der Waals surface area (Å²) in [6.07, 6.45) is 6.74. The molecule has 0 saturated carbocycles. The highest BCUT2D eigenvalue weighted by Gasteiger charge is 2.54. The van der Waals surface area contributed by atoms with Crippen molar-refractivity contribution >= 4 is 23.9 Å². The quantitative estimate of drug-likeness (QED) is 0.129. The van der Waals surface area contributed by atoms with E-state index in [-0.39, 0.29) is 73.3 Å². The molecule has 4 atom stereocenters. The van der Waals surface area contributed by atoms with Gasteiger partial charge < -0.3 is 71.7 Å². The standard InChI is InChI=1S/C42H58N2O12.2ClH/c1-25(45)53-41-35(49-5)15-27(16-36(41)50-6)23-43(3)29-9-10-30(43)20-33(19-29)55-39(47)13-14-40(48)56-34-21-31-11-12-32(22-34)44(31,4)24-28-17-37(51-7)42(54-26(2)46)38(18-28)52-8;;/h15-18,29-34H,9-14,19-24H2,1-8H3;2*1H/q+2;;/p-2. The number of piperidine rings is 2. The van der Waals surface area contributed by atoms with Gasteiger partial charge in [0.15, 0.2) is 23.0 Å². The number of carbonyl (C=O) groups excluding carboxylic acids is 4. The molecule has 4 saturated heterocycles. The van der Waals surface area contributed by atoms with Crippen molar-refractivity contribution in [3.05, 3.63) is 35.4 Å². The maximum atomic E-state index is 13.0.